The third-order valence-corrected chi connectivity index (χ3v) is 4.16. The molecule has 0 N–H and O–H groups in total. The number of hydrogen-bond acceptors (Lipinski definition) is 0. The Hall–Kier alpha value is -1.56. The fourth-order valence-corrected chi connectivity index (χ4v) is 3.15. The summed E-state index contributed by atoms with van der Waals surface area (Å²) in [6.45, 7) is 9.20. The van der Waals surface area contributed by atoms with Crippen LogP contribution < -0.4 is 0 Å². The minimum absolute atomic E-state index is 0.717. The number of aryl methyl sites for hydroxylation is 2. The summed E-state index contributed by atoms with van der Waals surface area (Å²) in [4.78, 5) is 0. The van der Waals surface area contributed by atoms with Crippen LogP contribution in [0.15, 0.2) is 48.5 Å². The molecule has 0 nitrogen and oxygen atoms in total. The lowest BCUT2D eigenvalue weighted by molar-refractivity contribution is 0.638. The molecule has 0 aliphatic heterocycles. The summed E-state index contributed by atoms with van der Waals surface area (Å²) >= 11 is 0. The number of rotatable bonds is 7. The Kier molecular flexibility index (Phi) is 6.24. The molecule has 0 heterocycles. The van der Waals surface area contributed by atoms with E-state index in [1.807, 2.05) is 0 Å². The molecule has 0 atom stereocenters. The molecule has 22 heavy (non-hydrogen) atoms. The summed E-state index contributed by atoms with van der Waals surface area (Å²) in [6.07, 6.45) is 4.67. The maximum Gasteiger partial charge on any atom is -0.0235 e. The molecule has 0 fully saturated rings. The maximum atomic E-state index is 2.31. The van der Waals surface area contributed by atoms with Gasteiger partial charge in [0, 0.05) is 0 Å². The van der Waals surface area contributed by atoms with E-state index in [1.165, 1.54) is 35.1 Å². The number of hydrogen-bond donors (Lipinski definition) is 0. The summed E-state index contributed by atoms with van der Waals surface area (Å²) in [6, 6.07) is 17.9. The van der Waals surface area contributed by atoms with Gasteiger partial charge in [0.2, 0.25) is 0 Å². The van der Waals surface area contributed by atoms with E-state index in [1.54, 1.807) is 0 Å². The van der Waals surface area contributed by atoms with E-state index < -0.39 is 0 Å². The van der Waals surface area contributed by atoms with Crippen molar-refractivity contribution in [3.05, 3.63) is 70.8 Å². The van der Waals surface area contributed by atoms with E-state index in [9.17, 15) is 0 Å². The van der Waals surface area contributed by atoms with Gasteiger partial charge in [-0.1, -0.05) is 76.2 Å². The monoisotopic (exact) mass is 294 g/mol. The Bertz CT molecular complexity index is 525. The molecule has 0 bridgehead atoms. The second-order valence-corrected chi connectivity index (χ2v) is 7.23. The van der Waals surface area contributed by atoms with Crippen molar-refractivity contribution in [2.45, 2.75) is 53.4 Å². The molecule has 0 radical (unpaired) electrons. The van der Waals surface area contributed by atoms with E-state index in [4.69, 9.17) is 0 Å². The first-order chi connectivity index (χ1) is 10.6. The predicted molar refractivity (Wildman–Crippen MR) is 97.4 cm³/mol. The zero-order valence-corrected chi connectivity index (χ0v) is 14.6. The molecular formula is C22H30. The van der Waals surface area contributed by atoms with E-state index >= 15 is 0 Å². The molecule has 2 aromatic carbocycles. The molecule has 0 aliphatic rings. The van der Waals surface area contributed by atoms with Crippen molar-refractivity contribution in [3.63, 3.8) is 0 Å². The molecular weight excluding hydrogens is 264 g/mol. The van der Waals surface area contributed by atoms with Gasteiger partial charge in [-0.05, 0) is 59.8 Å². The fourth-order valence-electron chi connectivity index (χ4n) is 3.15. The standard InChI is InChI=1S/C22H30/c1-17(2)15-21-11-7-5-9-19(21)13-14-20-10-6-8-12-22(20)16-18(3)4/h5-12,17-18H,13-16H2,1-4H3. The van der Waals surface area contributed by atoms with Crippen molar-refractivity contribution in [2.24, 2.45) is 11.8 Å². The molecule has 0 saturated carbocycles. The van der Waals surface area contributed by atoms with Crippen LogP contribution in [0.3, 0.4) is 0 Å². The first-order valence-electron chi connectivity index (χ1n) is 8.69. The van der Waals surface area contributed by atoms with Crippen LogP contribution in [0, 0.1) is 11.8 Å². The molecule has 0 heteroatoms. The molecule has 0 unspecified atom stereocenters. The molecule has 0 spiro atoms. The van der Waals surface area contributed by atoms with Crippen LogP contribution in [0.1, 0.15) is 49.9 Å². The van der Waals surface area contributed by atoms with Crippen LogP contribution in [-0.2, 0) is 25.7 Å². The largest absolute Gasteiger partial charge is 0.0625 e. The highest BCUT2D eigenvalue weighted by Crippen LogP contribution is 2.19. The Morgan fingerprint density at radius 3 is 1.18 bits per heavy atom. The summed E-state index contributed by atoms with van der Waals surface area (Å²) in [7, 11) is 0. The van der Waals surface area contributed by atoms with Gasteiger partial charge in [0.1, 0.15) is 0 Å². The van der Waals surface area contributed by atoms with Gasteiger partial charge in [-0.2, -0.15) is 0 Å². The molecule has 118 valence electrons. The normalized spacial score (nSPS) is 11.4. The molecule has 2 aromatic rings. The maximum absolute atomic E-state index is 2.31. The van der Waals surface area contributed by atoms with E-state index in [2.05, 4.69) is 76.2 Å². The van der Waals surface area contributed by atoms with Crippen molar-refractivity contribution in [2.75, 3.05) is 0 Å². The fraction of sp³-hybridized carbons (Fsp3) is 0.455. The van der Waals surface area contributed by atoms with E-state index in [-0.39, 0.29) is 0 Å². The number of benzene rings is 2. The highest BCUT2D eigenvalue weighted by atomic mass is 14.1. The van der Waals surface area contributed by atoms with Crippen LogP contribution in [-0.4, -0.2) is 0 Å². The van der Waals surface area contributed by atoms with Gasteiger partial charge in [-0.25, -0.2) is 0 Å². The zero-order valence-electron chi connectivity index (χ0n) is 14.6. The van der Waals surface area contributed by atoms with Gasteiger partial charge in [-0.15, -0.1) is 0 Å². The van der Waals surface area contributed by atoms with Gasteiger partial charge in [0.25, 0.3) is 0 Å². The second kappa shape index (κ2) is 8.17. The summed E-state index contributed by atoms with van der Waals surface area (Å²) in [5.74, 6) is 1.43. The minimum atomic E-state index is 0.717. The first kappa shape index (κ1) is 16.8. The van der Waals surface area contributed by atoms with Crippen LogP contribution in [0.4, 0.5) is 0 Å². The van der Waals surface area contributed by atoms with Crippen LogP contribution in [0.2, 0.25) is 0 Å². The van der Waals surface area contributed by atoms with Crippen LogP contribution >= 0.6 is 0 Å². The van der Waals surface area contributed by atoms with Gasteiger partial charge in [0.05, 0.1) is 0 Å². The molecule has 2 rings (SSSR count). The highest BCUT2D eigenvalue weighted by Gasteiger charge is 2.07. The van der Waals surface area contributed by atoms with Crippen LogP contribution in [0.25, 0.3) is 0 Å². The molecule has 0 saturated heterocycles. The van der Waals surface area contributed by atoms with Crippen molar-refractivity contribution < 1.29 is 0 Å². The lowest BCUT2D eigenvalue weighted by Gasteiger charge is -2.14. The third kappa shape index (κ3) is 5.02. The molecule has 0 aliphatic carbocycles. The van der Waals surface area contributed by atoms with Crippen molar-refractivity contribution in [1.29, 1.82) is 0 Å². The summed E-state index contributed by atoms with van der Waals surface area (Å²) in [5, 5.41) is 0. The Morgan fingerprint density at radius 2 is 0.864 bits per heavy atom. The Morgan fingerprint density at radius 1 is 0.545 bits per heavy atom. The average molecular weight is 294 g/mol. The minimum Gasteiger partial charge on any atom is -0.0625 e. The van der Waals surface area contributed by atoms with E-state index in [0.29, 0.717) is 0 Å². The van der Waals surface area contributed by atoms with Crippen molar-refractivity contribution >= 4 is 0 Å². The first-order valence-corrected chi connectivity index (χ1v) is 8.69. The molecule has 0 aromatic heterocycles. The Labute approximate surface area is 136 Å². The molecule has 0 amide bonds. The van der Waals surface area contributed by atoms with E-state index in [0.717, 1.165) is 24.7 Å². The average Bonchev–Trinajstić information content (AvgIpc) is 2.46. The van der Waals surface area contributed by atoms with Crippen LogP contribution in [0.5, 0.6) is 0 Å². The smallest absolute Gasteiger partial charge is 0.0235 e. The zero-order chi connectivity index (χ0) is 15.9. The third-order valence-electron chi connectivity index (χ3n) is 4.16. The van der Waals surface area contributed by atoms with Crippen molar-refractivity contribution in [3.8, 4) is 0 Å². The SMILES string of the molecule is CC(C)Cc1ccccc1CCc1ccccc1CC(C)C. The van der Waals surface area contributed by atoms with Gasteiger partial charge >= 0.3 is 0 Å². The Balaban J connectivity index is 2.10. The predicted octanol–water partition coefficient (Wildman–Crippen LogP) is 5.87. The lowest BCUT2D eigenvalue weighted by Crippen LogP contribution is -2.04. The lowest BCUT2D eigenvalue weighted by atomic mass is 9.91. The van der Waals surface area contributed by atoms with Crippen molar-refractivity contribution in [1.82, 2.24) is 0 Å². The summed E-state index contributed by atoms with van der Waals surface area (Å²) < 4.78 is 0. The highest BCUT2D eigenvalue weighted by molar-refractivity contribution is 5.32. The second-order valence-electron chi connectivity index (χ2n) is 7.23. The topological polar surface area (TPSA) is 0 Å². The summed E-state index contributed by atoms with van der Waals surface area (Å²) in [5.41, 5.74) is 6.10. The quantitative estimate of drug-likeness (QED) is 0.599. The van der Waals surface area contributed by atoms with Gasteiger partial charge < -0.3 is 0 Å². The van der Waals surface area contributed by atoms with Gasteiger partial charge in [-0.3, -0.25) is 0 Å². The van der Waals surface area contributed by atoms with Gasteiger partial charge in [0.15, 0.2) is 0 Å².